The molecule has 1 fully saturated rings. The molecule has 90 valence electrons. The molecule has 0 spiro atoms. The summed E-state index contributed by atoms with van der Waals surface area (Å²) >= 11 is 0. The van der Waals surface area contributed by atoms with Gasteiger partial charge in [-0.2, -0.15) is 0 Å². The lowest BCUT2D eigenvalue weighted by atomic mass is 9.90. The molecule has 5 nitrogen and oxygen atoms in total. The molecule has 0 aliphatic carbocycles. The van der Waals surface area contributed by atoms with Gasteiger partial charge in [-0.25, -0.2) is 4.79 Å². The van der Waals surface area contributed by atoms with E-state index < -0.39 is 13.2 Å². The predicted octanol–water partition coefficient (Wildman–Crippen LogP) is 1.27. The molecule has 0 bridgehead atoms. The van der Waals surface area contributed by atoms with Gasteiger partial charge < -0.3 is 19.8 Å². The van der Waals surface area contributed by atoms with E-state index in [9.17, 15) is 4.79 Å². The lowest BCUT2D eigenvalue weighted by Crippen LogP contribution is -2.41. The maximum atomic E-state index is 10.3. The zero-order valence-corrected chi connectivity index (χ0v) is 10.1. The molecule has 0 aromatic rings. The number of carbonyl (C=O) groups excluding carboxylic acids is 1. The number of amides is 1. The molecule has 1 rings (SSSR count). The van der Waals surface area contributed by atoms with E-state index in [2.05, 4.69) is 4.74 Å². The molecular weight excluding hydrogens is 209 g/mol. The predicted molar refractivity (Wildman–Crippen MR) is 60.8 cm³/mol. The smallest absolute Gasteiger partial charge is 0.446 e. The molecule has 0 atom stereocenters. The Bertz CT molecular complexity index is 285. The fraction of sp³-hybridized carbons (Fsp3) is 0.700. The first-order chi connectivity index (χ1) is 7.24. The van der Waals surface area contributed by atoms with Crippen LogP contribution in [0.4, 0.5) is 4.79 Å². The lowest BCUT2D eigenvalue weighted by molar-refractivity contribution is 0.00578. The first-order valence-corrected chi connectivity index (χ1v) is 5.19. The Kier molecular flexibility index (Phi) is 3.65. The van der Waals surface area contributed by atoms with E-state index in [1.54, 1.807) is 12.1 Å². The van der Waals surface area contributed by atoms with Crippen LogP contribution >= 0.6 is 0 Å². The monoisotopic (exact) mass is 227 g/mol. The number of primary amides is 1. The van der Waals surface area contributed by atoms with Crippen molar-refractivity contribution in [3.05, 3.63) is 12.1 Å². The molecule has 0 aromatic heterocycles. The maximum Gasteiger partial charge on any atom is 0.486 e. The summed E-state index contributed by atoms with van der Waals surface area (Å²) in [6.45, 7) is 8.02. The van der Waals surface area contributed by atoms with Crippen LogP contribution in [0.15, 0.2) is 12.1 Å². The minimum absolute atomic E-state index is 0.124. The van der Waals surface area contributed by atoms with Gasteiger partial charge in [-0.1, -0.05) is 12.1 Å². The molecule has 16 heavy (non-hydrogen) atoms. The molecule has 1 amide bonds. The van der Waals surface area contributed by atoms with Crippen LogP contribution in [-0.2, 0) is 14.0 Å². The van der Waals surface area contributed by atoms with E-state index in [4.69, 9.17) is 15.0 Å². The fourth-order valence-corrected chi connectivity index (χ4v) is 1.26. The third-order valence-corrected chi connectivity index (χ3v) is 2.89. The number of hydrogen-bond donors (Lipinski definition) is 1. The lowest BCUT2D eigenvalue weighted by Gasteiger charge is -2.32. The highest BCUT2D eigenvalue weighted by Gasteiger charge is 2.49. The molecule has 1 aliphatic heterocycles. The zero-order chi connectivity index (χ0) is 12.4. The van der Waals surface area contributed by atoms with Crippen molar-refractivity contribution < 1.29 is 18.8 Å². The van der Waals surface area contributed by atoms with Gasteiger partial charge in [-0.3, -0.25) is 0 Å². The van der Waals surface area contributed by atoms with Gasteiger partial charge in [0.25, 0.3) is 0 Å². The average molecular weight is 227 g/mol. The second-order valence-electron chi connectivity index (χ2n) is 4.68. The number of hydrogen-bond acceptors (Lipinski definition) is 4. The van der Waals surface area contributed by atoms with Gasteiger partial charge in [-0.05, 0) is 27.7 Å². The van der Waals surface area contributed by atoms with Gasteiger partial charge >= 0.3 is 13.2 Å². The third-order valence-electron chi connectivity index (χ3n) is 2.89. The van der Waals surface area contributed by atoms with Crippen molar-refractivity contribution in [2.75, 3.05) is 6.61 Å². The van der Waals surface area contributed by atoms with E-state index in [-0.39, 0.29) is 17.8 Å². The largest absolute Gasteiger partial charge is 0.486 e. The number of ether oxygens (including phenoxy) is 1. The Labute approximate surface area is 96.1 Å². The quantitative estimate of drug-likeness (QED) is 0.737. The Morgan fingerprint density at radius 2 is 1.81 bits per heavy atom. The topological polar surface area (TPSA) is 70.8 Å². The molecule has 1 saturated heterocycles. The summed E-state index contributed by atoms with van der Waals surface area (Å²) in [6.07, 6.45) is 0.853. The summed E-state index contributed by atoms with van der Waals surface area (Å²) in [6, 6.07) is 0. The van der Waals surface area contributed by atoms with Crippen molar-refractivity contribution in [1.29, 1.82) is 0 Å². The van der Waals surface area contributed by atoms with E-state index in [1.807, 2.05) is 27.7 Å². The first-order valence-electron chi connectivity index (χ1n) is 5.19. The van der Waals surface area contributed by atoms with Crippen molar-refractivity contribution in [3.8, 4) is 0 Å². The first kappa shape index (κ1) is 13.1. The summed E-state index contributed by atoms with van der Waals surface area (Å²) < 4.78 is 15.9. The molecule has 2 N–H and O–H groups in total. The van der Waals surface area contributed by atoms with Gasteiger partial charge in [0.05, 0.1) is 11.2 Å². The molecule has 0 radical (unpaired) electrons. The van der Waals surface area contributed by atoms with Crippen molar-refractivity contribution >= 4 is 13.2 Å². The SMILES string of the molecule is CC1(C)OB(/C=C/COC(N)=O)OC1(C)C. The summed E-state index contributed by atoms with van der Waals surface area (Å²) in [4.78, 5) is 10.3. The third kappa shape index (κ3) is 2.99. The molecule has 0 unspecified atom stereocenters. The number of nitrogens with two attached hydrogens (primary N) is 1. The summed E-state index contributed by atoms with van der Waals surface area (Å²) in [5.74, 6) is 1.71. The summed E-state index contributed by atoms with van der Waals surface area (Å²) in [7, 11) is -0.415. The van der Waals surface area contributed by atoms with Crippen LogP contribution in [0.3, 0.4) is 0 Å². The molecule has 0 aromatic carbocycles. The summed E-state index contributed by atoms with van der Waals surface area (Å²) in [5.41, 5.74) is 4.11. The Morgan fingerprint density at radius 1 is 1.31 bits per heavy atom. The van der Waals surface area contributed by atoms with E-state index in [0.717, 1.165) is 0 Å². The van der Waals surface area contributed by atoms with Crippen molar-refractivity contribution in [2.45, 2.75) is 38.9 Å². The Balaban J connectivity index is 2.45. The highest BCUT2D eigenvalue weighted by atomic mass is 16.7. The van der Waals surface area contributed by atoms with Gasteiger partial charge in [0.1, 0.15) is 6.61 Å². The van der Waals surface area contributed by atoms with Crippen molar-refractivity contribution in [2.24, 2.45) is 5.73 Å². The van der Waals surface area contributed by atoms with Crippen molar-refractivity contribution in [1.82, 2.24) is 0 Å². The second-order valence-corrected chi connectivity index (χ2v) is 4.68. The fourth-order valence-electron chi connectivity index (χ4n) is 1.26. The van der Waals surface area contributed by atoms with Gasteiger partial charge in [0, 0.05) is 0 Å². The van der Waals surface area contributed by atoms with E-state index >= 15 is 0 Å². The van der Waals surface area contributed by atoms with E-state index in [1.165, 1.54) is 0 Å². The highest BCUT2D eigenvalue weighted by molar-refractivity contribution is 6.51. The average Bonchev–Trinajstić information content (AvgIpc) is 2.29. The van der Waals surface area contributed by atoms with Crippen LogP contribution in [0.2, 0.25) is 0 Å². The highest BCUT2D eigenvalue weighted by Crippen LogP contribution is 2.36. The van der Waals surface area contributed by atoms with Crippen LogP contribution in [0.5, 0.6) is 0 Å². The molecule has 1 aliphatic rings. The van der Waals surface area contributed by atoms with Gasteiger partial charge in [0.2, 0.25) is 0 Å². The van der Waals surface area contributed by atoms with Crippen LogP contribution in [0.1, 0.15) is 27.7 Å². The molecule has 1 heterocycles. The van der Waals surface area contributed by atoms with Crippen LogP contribution in [-0.4, -0.2) is 31.0 Å². The van der Waals surface area contributed by atoms with Crippen molar-refractivity contribution in [3.63, 3.8) is 0 Å². The van der Waals surface area contributed by atoms with Gasteiger partial charge in [-0.15, -0.1) is 0 Å². The zero-order valence-electron chi connectivity index (χ0n) is 10.1. The minimum atomic E-state index is -0.793. The molecule has 0 saturated carbocycles. The number of rotatable bonds is 3. The Morgan fingerprint density at radius 3 is 2.25 bits per heavy atom. The molecule has 6 heteroatoms. The van der Waals surface area contributed by atoms with E-state index in [0.29, 0.717) is 0 Å². The molecular formula is C10H18BNO4. The van der Waals surface area contributed by atoms with Crippen LogP contribution in [0, 0.1) is 0 Å². The number of carbonyl (C=O) groups is 1. The Hall–Kier alpha value is -1.01. The van der Waals surface area contributed by atoms with Crippen LogP contribution < -0.4 is 5.73 Å². The second kappa shape index (κ2) is 4.47. The maximum absolute atomic E-state index is 10.3. The summed E-state index contributed by atoms with van der Waals surface area (Å²) in [5, 5.41) is 0. The van der Waals surface area contributed by atoms with Gasteiger partial charge in [0.15, 0.2) is 0 Å². The van der Waals surface area contributed by atoms with Crippen LogP contribution in [0.25, 0.3) is 0 Å². The standard InChI is InChI=1S/C10H18BNO4/c1-9(2)10(3,4)16-11(15-9)6-5-7-14-8(12)13/h5-6H,7H2,1-4H3,(H2,12,13)/b6-5+. The minimum Gasteiger partial charge on any atom is -0.446 e. The normalized spacial score (nSPS) is 22.6.